The Kier molecular flexibility index (Phi) is 10.8. The number of benzene rings is 2. The van der Waals surface area contributed by atoms with E-state index in [0.717, 1.165) is 54.4 Å². The first kappa shape index (κ1) is 25.3. The van der Waals surface area contributed by atoms with Crippen LogP contribution in [0, 0.1) is 18.2 Å². The predicted octanol–water partition coefficient (Wildman–Crippen LogP) is 6.95. The van der Waals surface area contributed by atoms with E-state index in [1.165, 1.54) is 25.7 Å². The second-order valence-corrected chi connectivity index (χ2v) is 8.87. The number of unbranched alkanes of at least 4 members (excludes halogenated alkanes) is 6. The highest BCUT2D eigenvalue weighted by molar-refractivity contribution is 6.30. The summed E-state index contributed by atoms with van der Waals surface area (Å²) in [4.78, 5) is 0. The molecule has 0 unspecified atom stereocenters. The third-order valence-electron chi connectivity index (χ3n) is 5.80. The van der Waals surface area contributed by atoms with Gasteiger partial charge in [0.1, 0.15) is 5.82 Å². The molecule has 0 atom stereocenters. The number of nitrogens with zero attached hydrogens (tertiary/aromatic N) is 1. The van der Waals surface area contributed by atoms with E-state index in [-0.39, 0.29) is 5.82 Å². The van der Waals surface area contributed by atoms with E-state index in [4.69, 9.17) is 22.8 Å². The molecule has 3 rings (SSSR count). The zero-order valence-corrected chi connectivity index (χ0v) is 20.0. The summed E-state index contributed by atoms with van der Waals surface area (Å²) in [7, 11) is 0. The minimum atomic E-state index is -0.217. The van der Waals surface area contributed by atoms with Crippen molar-refractivity contribution < 1.29 is 9.13 Å². The molecule has 1 aromatic heterocycles. The molecule has 1 N–H and O–H groups in total. The van der Waals surface area contributed by atoms with Gasteiger partial charge in [-0.05, 0) is 54.3 Å². The van der Waals surface area contributed by atoms with Crippen LogP contribution < -0.4 is 5.32 Å². The molecule has 33 heavy (non-hydrogen) atoms. The first-order chi connectivity index (χ1) is 16.2. The van der Waals surface area contributed by atoms with E-state index in [0.29, 0.717) is 24.7 Å². The average molecular weight is 469 g/mol. The van der Waals surface area contributed by atoms with E-state index in [2.05, 4.69) is 21.9 Å². The minimum Gasteiger partial charge on any atom is -0.380 e. The Balaban J connectivity index is 1.38. The van der Waals surface area contributed by atoms with Crippen LogP contribution in [0.25, 0.3) is 10.9 Å². The van der Waals surface area contributed by atoms with Crippen molar-refractivity contribution in [2.45, 2.75) is 58.0 Å². The maximum atomic E-state index is 14.3. The third kappa shape index (κ3) is 8.51. The first-order valence-electron chi connectivity index (χ1n) is 11.9. The summed E-state index contributed by atoms with van der Waals surface area (Å²) in [6, 6.07) is 13.0. The fourth-order valence-corrected chi connectivity index (χ4v) is 4.14. The van der Waals surface area contributed by atoms with Gasteiger partial charge in [-0.1, -0.05) is 49.4 Å². The lowest BCUT2D eigenvalue weighted by Gasteiger charge is -2.10. The quantitative estimate of drug-likeness (QED) is 0.193. The molecule has 0 bridgehead atoms. The van der Waals surface area contributed by atoms with Gasteiger partial charge in [0.15, 0.2) is 0 Å². The number of halogens is 2. The van der Waals surface area contributed by atoms with E-state index < -0.39 is 0 Å². The molecular weight excluding hydrogens is 435 g/mol. The smallest absolute Gasteiger partial charge is 0.125 e. The average Bonchev–Trinajstić information content (AvgIpc) is 3.20. The summed E-state index contributed by atoms with van der Waals surface area (Å²) in [5.74, 6) is 2.47. The Morgan fingerprint density at radius 1 is 0.970 bits per heavy atom. The van der Waals surface area contributed by atoms with Crippen molar-refractivity contribution in [1.82, 2.24) is 9.88 Å². The second-order valence-electron chi connectivity index (χ2n) is 8.43. The van der Waals surface area contributed by atoms with Crippen LogP contribution in [0.4, 0.5) is 4.39 Å². The largest absolute Gasteiger partial charge is 0.380 e. The van der Waals surface area contributed by atoms with Crippen molar-refractivity contribution in [3.8, 4) is 12.3 Å². The van der Waals surface area contributed by atoms with Crippen molar-refractivity contribution in [3.63, 3.8) is 0 Å². The van der Waals surface area contributed by atoms with Gasteiger partial charge < -0.3 is 14.6 Å². The maximum Gasteiger partial charge on any atom is 0.125 e. The standard InChI is InChI=1S/C28H34ClFN2O/c1-2-3-4-5-6-7-8-9-17-33-18-15-31-21-24-19-26(30)20-28-27(24)14-16-32(28)22-23-10-12-25(29)13-11-23/h1,10-14,16,19-20,31H,3-9,15,17-18,21-22H2. The van der Waals surface area contributed by atoms with Gasteiger partial charge in [0.2, 0.25) is 0 Å². The lowest BCUT2D eigenvalue weighted by atomic mass is 10.1. The van der Waals surface area contributed by atoms with E-state index in [9.17, 15) is 4.39 Å². The summed E-state index contributed by atoms with van der Waals surface area (Å²) in [6.45, 7) is 3.49. The van der Waals surface area contributed by atoms with Crippen molar-refractivity contribution in [2.75, 3.05) is 19.8 Å². The molecule has 3 aromatic rings. The van der Waals surface area contributed by atoms with Gasteiger partial charge in [-0.2, -0.15) is 0 Å². The molecule has 3 nitrogen and oxygen atoms in total. The highest BCUT2D eigenvalue weighted by Gasteiger charge is 2.09. The maximum absolute atomic E-state index is 14.3. The first-order valence-corrected chi connectivity index (χ1v) is 12.3. The number of aromatic nitrogens is 1. The van der Waals surface area contributed by atoms with Crippen LogP contribution in [0.15, 0.2) is 48.7 Å². The Morgan fingerprint density at radius 3 is 2.52 bits per heavy atom. The van der Waals surface area contributed by atoms with E-state index >= 15 is 0 Å². The van der Waals surface area contributed by atoms with Crippen LogP contribution in [0.1, 0.15) is 56.1 Å². The Hall–Kier alpha value is -2.32. The molecule has 2 aromatic carbocycles. The summed E-state index contributed by atoms with van der Waals surface area (Å²) in [5.41, 5.74) is 2.99. The van der Waals surface area contributed by atoms with Crippen molar-refractivity contribution in [1.29, 1.82) is 0 Å². The lowest BCUT2D eigenvalue weighted by molar-refractivity contribution is 0.131. The van der Waals surface area contributed by atoms with Gasteiger partial charge >= 0.3 is 0 Å². The van der Waals surface area contributed by atoms with Gasteiger partial charge in [-0.15, -0.1) is 12.3 Å². The van der Waals surface area contributed by atoms with Crippen LogP contribution in [0.3, 0.4) is 0 Å². The molecule has 0 radical (unpaired) electrons. The number of hydrogen-bond donors (Lipinski definition) is 1. The molecule has 0 saturated carbocycles. The molecule has 176 valence electrons. The van der Waals surface area contributed by atoms with E-state index in [1.54, 1.807) is 12.1 Å². The van der Waals surface area contributed by atoms with Crippen LogP contribution in [0.5, 0.6) is 0 Å². The molecule has 1 heterocycles. The molecule has 5 heteroatoms. The molecule has 0 aliphatic heterocycles. The minimum absolute atomic E-state index is 0.217. The SMILES string of the molecule is C#CCCCCCCCCOCCNCc1cc(F)cc2c1ccn2Cc1ccc(Cl)cc1. The number of ether oxygens (including phenoxy) is 1. The molecule has 0 aliphatic rings. The van der Waals surface area contributed by atoms with Crippen LogP contribution >= 0.6 is 11.6 Å². The molecule has 0 fully saturated rings. The normalized spacial score (nSPS) is 11.2. The zero-order chi connectivity index (χ0) is 23.3. The van der Waals surface area contributed by atoms with Crippen LogP contribution in [0.2, 0.25) is 5.02 Å². The zero-order valence-electron chi connectivity index (χ0n) is 19.3. The summed E-state index contributed by atoms with van der Waals surface area (Å²) in [5, 5.41) is 5.17. The van der Waals surface area contributed by atoms with Crippen molar-refractivity contribution >= 4 is 22.5 Å². The third-order valence-corrected chi connectivity index (χ3v) is 6.06. The monoisotopic (exact) mass is 468 g/mol. The van der Waals surface area contributed by atoms with Crippen molar-refractivity contribution in [3.05, 3.63) is 70.6 Å². The second kappa shape index (κ2) is 14.1. The number of hydrogen-bond acceptors (Lipinski definition) is 2. The molecule has 0 aliphatic carbocycles. The fourth-order valence-electron chi connectivity index (χ4n) is 4.01. The fraction of sp³-hybridized carbons (Fsp3) is 0.429. The summed E-state index contributed by atoms with van der Waals surface area (Å²) < 4.78 is 22.1. The molecule has 0 amide bonds. The molecular formula is C28H34ClFN2O. The Labute approximate surface area is 202 Å². The van der Waals surface area contributed by atoms with Gasteiger partial charge in [0.05, 0.1) is 12.1 Å². The van der Waals surface area contributed by atoms with Gasteiger partial charge in [0.25, 0.3) is 0 Å². The highest BCUT2D eigenvalue weighted by atomic mass is 35.5. The predicted molar refractivity (Wildman–Crippen MR) is 136 cm³/mol. The van der Waals surface area contributed by atoms with Crippen molar-refractivity contribution in [2.24, 2.45) is 0 Å². The Morgan fingerprint density at radius 2 is 1.73 bits per heavy atom. The summed E-state index contributed by atoms with van der Waals surface area (Å²) >= 11 is 5.98. The molecule has 0 saturated heterocycles. The number of rotatable bonds is 15. The van der Waals surface area contributed by atoms with Gasteiger partial charge in [0, 0.05) is 49.3 Å². The van der Waals surface area contributed by atoms with Crippen LogP contribution in [-0.2, 0) is 17.8 Å². The van der Waals surface area contributed by atoms with Gasteiger partial charge in [-0.25, -0.2) is 4.39 Å². The van der Waals surface area contributed by atoms with E-state index in [1.807, 2.05) is 30.5 Å². The number of nitrogens with one attached hydrogen (secondary N) is 1. The topological polar surface area (TPSA) is 26.2 Å². The number of fused-ring (bicyclic) bond motifs is 1. The van der Waals surface area contributed by atoms with Gasteiger partial charge in [-0.3, -0.25) is 0 Å². The molecule has 0 spiro atoms. The van der Waals surface area contributed by atoms with Crippen LogP contribution in [-0.4, -0.2) is 24.3 Å². The number of terminal acetylenes is 1. The Bertz CT molecular complexity index is 1020. The lowest BCUT2D eigenvalue weighted by Crippen LogP contribution is -2.19. The summed E-state index contributed by atoms with van der Waals surface area (Å²) in [6.07, 6.45) is 15.4. The highest BCUT2D eigenvalue weighted by Crippen LogP contribution is 2.23.